The van der Waals surface area contributed by atoms with Gasteiger partial charge in [0.2, 0.25) is 5.78 Å². The maximum Gasteiger partial charge on any atom is 0.263 e. The van der Waals surface area contributed by atoms with E-state index in [1.165, 1.54) is 12.5 Å². The normalized spacial score (nSPS) is 10.7. The quantitative estimate of drug-likeness (QED) is 0.535. The number of aromatic nitrogens is 1. The summed E-state index contributed by atoms with van der Waals surface area (Å²) in [5.41, 5.74) is 1.77. The first-order valence-electron chi connectivity index (χ1n) is 7.39. The SMILES string of the molecule is N#Cc1ccc(/C=C/CCCCCC(=O)c2ncco2)cc1. The van der Waals surface area contributed by atoms with Gasteiger partial charge in [-0.15, -0.1) is 0 Å². The summed E-state index contributed by atoms with van der Waals surface area (Å²) in [4.78, 5) is 15.5. The van der Waals surface area contributed by atoms with Gasteiger partial charge < -0.3 is 4.42 Å². The van der Waals surface area contributed by atoms with Crippen LogP contribution in [0.5, 0.6) is 0 Å². The van der Waals surface area contributed by atoms with Crippen LogP contribution in [0.15, 0.2) is 47.2 Å². The molecule has 0 fully saturated rings. The fourth-order valence-corrected chi connectivity index (χ4v) is 2.08. The van der Waals surface area contributed by atoms with Crippen LogP contribution < -0.4 is 0 Å². The van der Waals surface area contributed by atoms with Gasteiger partial charge in [0.05, 0.1) is 17.8 Å². The van der Waals surface area contributed by atoms with E-state index in [1.807, 2.05) is 24.3 Å². The number of allylic oxidation sites excluding steroid dienone is 1. The van der Waals surface area contributed by atoms with Gasteiger partial charge >= 0.3 is 0 Å². The van der Waals surface area contributed by atoms with Gasteiger partial charge in [-0.25, -0.2) is 4.98 Å². The van der Waals surface area contributed by atoms with Crippen molar-refractivity contribution in [2.24, 2.45) is 0 Å². The number of benzene rings is 1. The number of oxazole rings is 1. The summed E-state index contributed by atoms with van der Waals surface area (Å²) >= 11 is 0. The molecule has 0 radical (unpaired) electrons. The summed E-state index contributed by atoms with van der Waals surface area (Å²) in [7, 11) is 0. The monoisotopic (exact) mass is 294 g/mol. The van der Waals surface area contributed by atoms with Crippen molar-refractivity contribution >= 4 is 11.9 Å². The summed E-state index contributed by atoms with van der Waals surface area (Å²) in [6, 6.07) is 9.60. The predicted molar refractivity (Wildman–Crippen MR) is 84.1 cm³/mol. The molecule has 0 unspecified atom stereocenters. The molecule has 2 rings (SSSR count). The lowest BCUT2D eigenvalue weighted by molar-refractivity contribution is 0.0945. The molecule has 1 heterocycles. The minimum absolute atomic E-state index is 0.0295. The molecular weight excluding hydrogens is 276 g/mol. The molecule has 0 aliphatic carbocycles. The molecular formula is C18H18N2O2. The average molecular weight is 294 g/mol. The Morgan fingerprint density at radius 2 is 2.05 bits per heavy atom. The molecule has 0 N–H and O–H groups in total. The van der Waals surface area contributed by atoms with Gasteiger partial charge in [0.1, 0.15) is 6.26 Å². The second-order valence-corrected chi connectivity index (χ2v) is 5.00. The molecule has 0 atom stereocenters. The molecule has 4 heteroatoms. The number of hydrogen-bond acceptors (Lipinski definition) is 4. The maximum atomic E-state index is 11.6. The molecule has 4 nitrogen and oxygen atoms in total. The zero-order chi connectivity index (χ0) is 15.6. The zero-order valence-electron chi connectivity index (χ0n) is 12.4. The van der Waals surface area contributed by atoms with Gasteiger partial charge in [-0.1, -0.05) is 30.7 Å². The summed E-state index contributed by atoms with van der Waals surface area (Å²) in [6.45, 7) is 0. The first-order valence-corrected chi connectivity index (χ1v) is 7.39. The second-order valence-electron chi connectivity index (χ2n) is 5.00. The van der Waals surface area contributed by atoms with E-state index in [0.29, 0.717) is 12.0 Å². The number of hydrogen-bond donors (Lipinski definition) is 0. The van der Waals surface area contributed by atoms with Crippen molar-refractivity contribution in [3.05, 3.63) is 59.8 Å². The molecule has 0 aliphatic heterocycles. The Kier molecular flexibility index (Phi) is 6.13. The molecule has 0 bridgehead atoms. The van der Waals surface area contributed by atoms with E-state index in [-0.39, 0.29) is 11.7 Å². The van der Waals surface area contributed by atoms with Crippen molar-refractivity contribution in [1.82, 2.24) is 4.98 Å². The molecule has 0 aliphatic rings. The van der Waals surface area contributed by atoms with Crippen molar-refractivity contribution in [2.45, 2.75) is 32.1 Å². The van der Waals surface area contributed by atoms with Crippen LogP contribution >= 0.6 is 0 Å². The van der Waals surface area contributed by atoms with E-state index < -0.39 is 0 Å². The zero-order valence-corrected chi connectivity index (χ0v) is 12.4. The topological polar surface area (TPSA) is 66.9 Å². The van der Waals surface area contributed by atoms with Crippen LogP contribution in [0.4, 0.5) is 0 Å². The standard InChI is InChI=1S/C18H18N2O2/c19-14-16-10-8-15(9-11-16)6-4-2-1-3-5-7-17(21)18-20-12-13-22-18/h4,6,8-13H,1-3,5,7H2/b6-4+. The second kappa shape index (κ2) is 8.58. The van der Waals surface area contributed by atoms with Crippen LogP contribution in [-0.4, -0.2) is 10.8 Å². The number of carbonyl (C=O) groups is 1. The van der Waals surface area contributed by atoms with E-state index in [9.17, 15) is 4.79 Å². The third-order valence-corrected chi connectivity index (χ3v) is 3.30. The highest BCUT2D eigenvalue weighted by molar-refractivity contribution is 5.91. The van der Waals surface area contributed by atoms with Crippen LogP contribution in [0.1, 0.15) is 53.9 Å². The third kappa shape index (κ3) is 5.02. The highest BCUT2D eigenvalue weighted by Gasteiger charge is 2.09. The van der Waals surface area contributed by atoms with E-state index in [1.54, 1.807) is 0 Å². The highest BCUT2D eigenvalue weighted by atomic mass is 16.3. The molecule has 2 aromatic rings. The number of rotatable bonds is 8. The van der Waals surface area contributed by atoms with Crippen LogP contribution in [0.2, 0.25) is 0 Å². The van der Waals surface area contributed by atoms with Crippen LogP contribution in [0.25, 0.3) is 6.08 Å². The lowest BCUT2D eigenvalue weighted by Gasteiger charge is -1.97. The third-order valence-electron chi connectivity index (χ3n) is 3.30. The Morgan fingerprint density at radius 1 is 1.23 bits per heavy atom. The van der Waals surface area contributed by atoms with Gasteiger partial charge in [0.15, 0.2) is 0 Å². The summed E-state index contributed by atoms with van der Waals surface area (Å²) in [5.74, 6) is 0.179. The van der Waals surface area contributed by atoms with Crippen LogP contribution in [0.3, 0.4) is 0 Å². The van der Waals surface area contributed by atoms with Crippen molar-refractivity contribution in [1.29, 1.82) is 5.26 Å². The van der Waals surface area contributed by atoms with Crippen molar-refractivity contribution in [3.8, 4) is 6.07 Å². The van der Waals surface area contributed by atoms with Gasteiger partial charge in [0.25, 0.3) is 5.89 Å². The Morgan fingerprint density at radius 3 is 2.73 bits per heavy atom. The van der Waals surface area contributed by atoms with E-state index in [0.717, 1.165) is 31.2 Å². The molecule has 0 saturated heterocycles. The fourth-order valence-electron chi connectivity index (χ4n) is 2.08. The molecule has 0 saturated carbocycles. The number of Topliss-reactive ketones (excluding diaryl/α,β-unsaturated/α-hetero) is 1. The number of carbonyl (C=O) groups excluding carboxylic acids is 1. The molecule has 0 amide bonds. The largest absolute Gasteiger partial charge is 0.442 e. The Balaban J connectivity index is 1.60. The smallest absolute Gasteiger partial charge is 0.263 e. The summed E-state index contributed by atoms with van der Waals surface area (Å²) in [6.07, 6.45) is 11.5. The van der Waals surface area contributed by atoms with E-state index in [2.05, 4.69) is 23.2 Å². The first kappa shape index (κ1) is 15.7. The van der Waals surface area contributed by atoms with E-state index in [4.69, 9.17) is 9.68 Å². The Bertz CT molecular complexity index is 649. The van der Waals surface area contributed by atoms with Crippen LogP contribution in [-0.2, 0) is 0 Å². The van der Waals surface area contributed by atoms with Gasteiger partial charge in [-0.3, -0.25) is 4.79 Å². The predicted octanol–water partition coefficient (Wildman–Crippen LogP) is 4.39. The highest BCUT2D eigenvalue weighted by Crippen LogP contribution is 2.10. The minimum Gasteiger partial charge on any atom is -0.442 e. The van der Waals surface area contributed by atoms with Gasteiger partial charge in [-0.2, -0.15) is 5.26 Å². The number of ketones is 1. The number of nitriles is 1. The summed E-state index contributed by atoms with van der Waals surface area (Å²) < 4.78 is 4.96. The number of nitrogens with zero attached hydrogens (tertiary/aromatic N) is 2. The molecule has 1 aromatic carbocycles. The lowest BCUT2D eigenvalue weighted by atomic mass is 10.1. The molecule has 22 heavy (non-hydrogen) atoms. The van der Waals surface area contributed by atoms with Crippen molar-refractivity contribution in [3.63, 3.8) is 0 Å². The van der Waals surface area contributed by atoms with E-state index >= 15 is 0 Å². The average Bonchev–Trinajstić information content (AvgIpc) is 3.09. The number of unbranched alkanes of at least 4 members (excludes halogenated alkanes) is 3. The molecule has 1 aromatic heterocycles. The minimum atomic E-state index is -0.0295. The molecule has 0 spiro atoms. The Labute approximate surface area is 130 Å². The van der Waals surface area contributed by atoms with Crippen LogP contribution in [0, 0.1) is 11.3 Å². The first-order chi connectivity index (χ1) is 10.8. The Hall–Kier alpha value is -2.67. The van der Waals surface area contributed by atoms with Gasteiger partial charge in [-0.05, 0) is 37.0 Å². The lowest BCUT2D eigenvalue weighted by Crippen LogP contribution is -1.98. The van der Waals surface area contributed by atoms with Crippen molar-refractivity contribution in [2.75, 3.05) is 0 Å². The fraction of sp³-hybridized carbons (Fsp3) is 0.278. The van der Waals surface area contributed by atoms with Crippen molar-refractivity contribution < 1.29 is 9.21 Å². The molecule has 112 valence electrons. The maximum absolute atomic E-state index is 11.6. The summed E-state index contributed by atoms with van der Waals surface area (Å²) in [5, 5.41) is 8.72. The van der Waals surface area contributed by atoms with Gasteiger partial charge in [0, 0.05) is 6.42 Å².